The highest BCUT2D eigenvalue weighted by molar-refractivity contribution is 7.80. The Morgan fingerprint density at radius 1 is 1.11 bits per heavy atom. The van der Waals surface area contributed by atoms with E-state index in [0.717, 1.165) is 22.7 Å². The van der Waals surface area contributed by atoms with Crippen molar-refractivity contribution in [1.82, 2.24) is 0 Å². The molecular weight excluding hydrogens is 238 g/mol. The number of rotatable bonds is 3. The summed E-state index contributed by atoms with van der Waals surface area (Å²) in [5.74, 6) is 2.61. The van der Waals surface area contributed by atoms with Crippen LogP contribution in [0.25, 0.3) is 0 Å². The second-order valence-electron chi connectivity index (χ2n) is 3.94. The van der Waals surface area contributed by atoms with E-state index in [1.165, 1.54) is 5.56 Å². The second kappa shape index (κ2) is 6.00. The molecule has 0 aromatic heterocycles. The molecule has 1 N–H and O–H groups in total. The summed E-state index contributed by atoms with van der Waals surface area (Å²) >= 11 is 5.33. The molecule has 0 unspecified atom stereocenters. The van der Waals surface area contributed by atoms with E-state index in [1.54, 1.807) is 0 Å². The van der Waals surface area contributed by atoms with Gasteiger partial charge in [-0.3, -0.25) is 0 Å². The van der Waals surface area contributed by atoms with Gasteiger partial charge in [0, 0.05) is 17.7 Å². The molecule has 0 amide bonds. The first-order valence-corrected chi connectivity index (χ1v) is 6.09. The second-order valence-corrected chi connectivity index (χ2v) is 4.43. The molecule has 1 nitrogen and oxygen atoms in total. The van der Waals surface area contributed by atoms with Crippen LogP contribution in [0.5, 0.6) is 0 Å². The quantitative estimate of drug-likeness (QED) is 0.660. The zero-order valence-electron chi connectivity index (χ0n) is 9.89. The number of terminal acetylenes is 1. The summed E-state index contributed by atoms with van der Waals surface area (Å²) in [6.45, 7) is 0. The fourth-order valence-corrected chi connectivity index (χ4v) is 1.96. The van der Waals surface area contributed by atoms with Gasteiger partial charge in [0.05, 0.1) is 4.99 Å². The fraction of sp³-hybridized carbons (Fsp3) is 0.0625. The standard InChI is InChI=1S/C16H13NS/c1-2-13-9-6-10-15(11-13)17-16(18)12-14-7-4-3-5-8-14/h1,3-11H,12H2,(H,17,18). The predicted molar refractivity (Wildman–Crippen MR) is 80.7 cm³/mol. The molecule has 0 aliphatic rings. The van der Waals surface area contributed by atoms with E-state index in [-0.39, 0.29) is 0 Å². The van der Waals surface area contributed by atoms with Crippen LogP contribution in [0.2, 0.25) is 0 Å². The van der Waals surface area contributed by atoms with Crippen LogP contribution >= 0.6 is 12.2 Å². The number of hydrogen-bond donors (Lipinski definition) is 1. The molecule has 0 fully saturated rings. The molecule has 0 aliphatic carbocycles. The predicted octanol–water partition coefficient (Wildman–Crippen LogP) is 3.65. The maximum absolute atomic E-state index is 5.36. The Balaban J connectivity index is 2.01. The van der Waals surface area contributed by atoms with Crippen LogP contribution in [0.1, 0.15) is 11.1 Å². The largest absolute Gasteiger partial charge is 0.350 e. The van der Waals surface area contributed by atoms with Gasteiger partial charge in [-0.15, -0.1) is 6.42 Å². The van der Waals surface area contributed by atoms with E-state index in [4.69, 9.17) is 18.6 Å². The molecule has 0 heterocycles. The Hall–Kier alpha value is -2.11. The van der Waals surface area contributed by atoms with Gasteiger partial charge in [-0.05, 0) is 23.8 Å². The monoisotopic (exact) mass is 251 g/mol. The molecule has 88 valence electrons. The van der Waals surface area contributed by atoms with Gasteiger partial charge in [0.2, 0.25) is 0 Å². The normalized spacial score (nSPS) is 9.50. The third kappa shape index (κ3) is 3.44. The highest BCUT2D eigenvalue weighted by Crippen LogP contribution is 2.11. The zero-order valence-corrected chi connectivity index (χ0v) is 10.7. The first-order valence-electron chi connectivity index (χ1n) is 5.68. The van der Waals surface area contributed by atoms with Crippen molar-refractivity contribution in [2.45, 2.75) is 6.42 Å². The Morgan fingerprint density at radius 2 is 1.89 bits per heavy atom. The maximum Gasteiger partial charge on any atom is 0.0841 e. The van der Waals surface area contributed by atoms with Crippen LogP contribution in [0.15, 0.2) is 54.6 Å². The number of benzene rings is 2. The lowest BCUT2D eigenvalue weighted by Gasteiger charge is -2.08. The molecule has 0 atom stereocenters. The molecular formula is C16H13NS. The smallest absolute Gasteiger partial charge is 0.0841 e. The molecule has 2 rings (SSSR count). The lowest BCUT2D eigenvalue weighted by molar-refractivity contribution is 1.34. The summed E-state index contributed by atoms with van der Waals surface area (Å²) in [5, 5.41) is 3.20. The van der Waals surface area contributed by atoms with Crippen LogP contribution in [-0.4, -0.2) is 4.99 Å². The van der Waals surface area contributed by atoms with Crippen molar-refractivity contribution in [3.8, 4) is 12.3 Å². The van der Waals surface area contributed by atoms with Gasteiger partial charge < -0.3 is 5.32 Å². The highest BCUT2D eigenvalue weighted by Gasteiger charge is 2.00. The van der Waals surface area contributed by atoms with Gasteiger partial charge in [-0.25, -0.2) is 0 Å². The Kier molecular flexibility index (Phi) is 4.11. The first kappa shape index (κ1) is 12.3. The molecule has 0 bridgehead atoms. The minimum Gasteiger partial charge on any atom is -0.350 e. The lowest BCUT2D eigenvalue weighted by Crippen LogP contribution is -2.11. The van der Waals surface area contributed by atoms with Crippen molar-refractivity contribution in [2.75, 3.05) is 5.32 Å². The number of hydrogen-bond acceptors (Lipinski definition) is 1. The van der Waals surface area contributed by atoms with Crippen LogP contribution < -0.4 is 5.32 Å². The molecule has 2 heteroatoms. The molecule has 2 aromatic rings. The average molecular weight is 251 g/mol. The van der Waals surface area contributed by atoms with Gasteiger partial charge >= 0.3 is 0 Å². The average Bonchev–Trinajstić information content (AvgIpc) is 2.40. The van der Waals surface area contributed by atoms with E-state index < -0.39 is 0 Å². The van der Waals surface area contributed by atoms with E-state index >= 15 is 0 Å². The molecule has 0 aliphatic heterocycles. The number of anilines is 1. The Morgan fingerprint density at radius 3 is 2.61 bits per heavy atom. The van der Waals surface area contributed by atoms with E-state index in [9.17, 15) is 0 Å². The van der Waals surface area contributed by atoms with Gasteiger partial charge in [0.25, 0.3) is 0 Å². The van der Waals surface area contributed by atoms with Crippen LogP contribution in [0.3, 0.4) is 0 Å². The van der Waals surface area contributed by atoms with Crippen LogP contribution in [0, 0.1) is 12.3 Å². The molecule has 0 saturated heterocycles. The van der Waals surface area contributed by atoms with Crippen molar-refractivity contribution in [2.24, 2.45) is 0 Å². The summed E-state index contributed by atoms with van der Waals surface area (Å²) in [6, 6.07) is 17.8. The maximum atomic E-state index is 5.36. The summed E-state index contributed by atoms with van der Waals surface area (Å²) in [7, 11) is 0. The topological polar surface area (TPSA) is 12.0 Å². The SMILES string of the molecule is C#Cc1cccc(NC(=S)Cc2ccccc2)c1. The third-order valence-corrected chi connectivity index (χ3v) is 2.77. The molecule has 0 radical (unpaired) electrons. The summed E-state index contributed by atoms with van der Waals surface area (Å²) in [4.78, 5) is 0.787. The third-order valence-electron chi connectivity index (χ3n) is 2.52. The Bertz CT molecular complexity index is 582. The molecule has 0 spiro atoms. The summed E-state index contributed by atoms with van der Waals surface area (Å²) < 4.78 is 0. The van der Waals surface area contributed by atoms with Gasteiger partial charge in [-0.2, -0.15) is 0 Å². The summed E-state index contributed by atoms with van der Waals surface area (Å²) in [6.07, 6.45) is 6.10. The van der Waals surface area contributed by atoms with Crippen molar-refractivity contribution in [3.63, 3.8) is 0 Å². The minimum absolute atomic E-state index is 0.733. The zero-order chi connectivity index (χ0) is 12.8. The van der Waals surface area contributed by atoms with Crippen molar-refractivity contribution >= 4 is 22.9 Å². The highest BCUT2D eigenvalue weighted by atomic mass is 32.1. The molecule has 0 saturated carbocycles. The van der Waals surface area contributed by atoms with Crippen molar-refractivity contribution < 1.29 is 0 Å². The first-order chi connectivity index (χ1) is 8.78. The molecule has 2 aromatic carbocycles. The number of nitrogens with one attached hydrogen (secondary N) is 1. The minimum atomic E-state index is 0.733. The van der Waals surface area contributed by atoms with Crippen LogP contribution in [-0.2, 0) is 6.42 Å². The number of thiocarbonyl (C=S) groups is 1. The van der Waals surface area contributed by atoms with Gasteiger partial charge in [0.1, 0.15) is 0 Å². The van der Waals surface area contributed by atoms with Gasteiger partial charge in [0.15, 0.2) is 0 Å². The van der Waals surface area contributed by atoms with E-state index in [1.807, 2.05) is 42.5 Å². The van der Waals surface area contributed by atoms with Gasteiger partial charge in [-0.1, -0.05) is 54.5 Å². The van der Waals surface area contributed by atoms with E-state index in [0.29, 0.717) is 0 Å². The van der Waals surface area contributed by atoms with Crippen LogP contribution in [0.4, 0.5) is 5.69 Å². The molecule has 18 heavy (non-hydrogen) atoms. The fourth-order valence-electron chi connectivity index (χ4n) is 1.67. The lowest BCUT2D eigenvalue weighted by atomic mass is 10.1. The van der Waals surface area contributed by atoms with Crippen molar-refractivity contribution in [1.29, 1.82) is 0 Å². The Labute approximate surface area is 113 Å². The van der Waals surface area contributed by atoms with E-state index in [2.05, 4.69) is 23.4 Å². The van der Waals surface area contributed by atoms with Crippen molar-refractivity contribution in [3.05, 3.63) is 65.7 Å². The summed E-state index contributed by atoms with van der Waals surface area (Å²) in [5.41, 5.74) is 2.98.